The summed E-state index contributed by atoms with van der Waals surface area (Å²) in [5, 5.41) is 11.0. The molecule has 0 aliphatic heterocycles. The van der Waals surface area contributed by atoms with Gasteiger partial charge in [-0.1, -0.05) is 18.2 Å². The minimum Gasteiger partial charge on any atom is -0.392 e. The van der Waals surface area contributed by atoms with Crippen molar-refractivity contribution in [2.75, 3.05) is 5.75 Å². The van der Waals surface area contributed by atoms with Crippen molar-refractivity contribution in [1.29, 1.82) is 0 Å². The van der Waals surface area contributed by atoms with Crippen molar-refractivity contribution in [2.24, 2.45) is 0 Å². The van der Waals surface area contributed by atoms with E-state index in [-0.39, 0.29) is 5.82 Å². The summed E-state index contributed by atoms with van der Waals surface area (Å²) in [6.45, 7) is 0. The molecule has 0 fully saturated rings. The van der Waals surface area contributed by atoms with E-state index in [1.54, 1.807) is 17.4 Å². The van der Waals surface area contributed by atoms with Crippen LogP contribution in [0.5, 0.6) is 0 Å². The molecule has 1 atom stereocenters. The monoisotopic (exact) mass is 319 g/mol. The van der Waals surface area contributed by atoms with E-state index < -0.39 is 6.10 Å². The van der Waals surface area contributed by atoms with Crippen molar-refractivity contribution in [1.82, 2.24) is 4.98 Å². The molecule has 108 valence electrons. The third-order valence-electron chi connectivity index (χ3n) is 2.99. The van der Waals surface area contributed by atoms with Gasteiger partial charge in [-0.2, -0.15) is 0 Å². The molecule has 0 saturated carbocycles. The van der Waals surface area contributed by atoms with E-state index in [0.717, 1.165) is 20.1 Å². The lowest BCUT2D eigenvalue weighted by atomic mass is 10.3. The predicted octanol–water partition coefficient (Wildman–Crippen LogP) is 4.13. The minimum atomic E-state index is -0.487. The molecule has 2 aromatic carbocycles. The van der Waals surface area contributed by atoms with Gasteiger partial charge in [0.2, 0.25) is 0 Å². The van der Waals surface area contributed by atoms with Crippen LogP contribution in [0.1, 0.15) is 5.01 Å². The maximum atomic E-state index is 13.1. The minimum absolute atomic E-state index is 0.249. The summed E-state index contributed by atoms with van der Waals surface area (Å²) in [5.74, 6) is 0.278. The van der Waals surface area contributed by atoms with Gasteiger partial charge in [0.1, 0.15) is 5.82 Å². The van der Waals surface area contributed by atoms with Crippen LogP contribution in [0, 0.1) is 5.82 Å². The number of fused-ring (bicyclic) bond motifs is 1. The molecule has 1 unspecified atom stereocenters. The Morgan fingerprint density at radius 3 is 2.86 bits per heavy atom. The number of thioether (sulfide) groups is 1. The molecule has 3 rings (SSSR count). The lowest BCUT2D eigenvalue weighted by Crippen LogP contribution is -2.13. The third-order valence-corrected chi connectivity index (χ3v) is 5.18. The Bertz CT molecular complexity index is 711. The zero-order chi connectivity index (χ0) is 14.7. The Kier molecular flexibility index (Phi) is 4.53. The quantitative estimate of drug-likeness (QED) is 0.718. The molecule has 1 aromatic heterocycles. The second-order valence-electron chi connectivity index (χ2n) is 4.70. The van der Waals surface area contributed by atoms with Gasteiger partial charge in [-0.15, -0.1) is 23.1 Å². The zero-order valence-corrected chi connectivity index (χ0v) is 12.8. The average molecular weight is 319 g/mol. The van der Waals surface area contributed by atoms with Crippen molar-refractivity contribution in [3.63, 3.8) is 0 Å². The van der Waals surface area contributed by atoms with Gasteiger partial charge in [-0.3, -0.25) is 0 Å². The van der Waals surface area contributed by atoms with Crippen molar-refractivity contribution < 1.29 is 9.50 Å². The summed E-state index contributed by atoms with van der Waals surface area (Å²) in [6.07, 6.45) is 0.0422. The lowest BCUT2D eigenvalue weighted by Gasteiger charge is -2.08. The topological polar surface area (TPSA) is 33.1 Å². The molecule has 2 nitrogen and oxygen atoms in total. The number of nitrogens with zero attached hydrogens (tertiary/aromatic N) is 1. The van der Waals surface area contributed by atoms with Crippen LogP contribution in [0.25, 0.3) is 10.2 Å². The van der Waals surface area contributed by atoms with E-state index in [2.05, 4.69) is 4.98 Å². The number of aliphatic hydroxyl groups is 1. The molecule has 21 heavy (non-hydrogen) atoms. The summed E-state index contributed by atoms with van der Waals surface area (Å²) in [7, 11) is 0. The first-order chi connectivity index (χ1) is 10.2. The smallest absolute Gasteiger partial charge is 0.124 e. The number of halogens is 1. The Morgan fingerprint density at radius 1 is 1.19 bits per heavy atom. The number of hydrogen-bond acceptors (Lipinski definition) is 4. The Balaban J connectivity index is 1.59. The standard InChI is InChI=1S/C16H14FNOS2/c17-11-4-3-5-13(8-11)20-10-12(19)9-16-18-14-6-1-2-7-15(14)21-16/h1-8,12,19H,9-10H2. The fourth-order valence-corrected chi connectivity index (χ4v) is 3.93. The van der Waals surface area contributed by atoms with Crippen LogP contribution in [-0.2, 0) is 6.42 Å². The van der Waals surface area contributed by atoms with Gasteiger partial charge in [0.15, 0.2) is 0 Å². The van der Waals surface area contributed by atoms with Gasteiger partial charge in [-0.05, 0) is 30.3 Å². The summed E-state index contributed by atoms with van der Waals surface area (Å²) in [5.41, 5.74) is 0.975. The van der Waals surface area contributed by atoms with E-state index >= 15 is 0 Å². The van der Waals surface area contributed by atoms with Crippen LogP contribution in [0.15, 0.2) is 53.4 Å². The number of para-hydroxylation sites is 1. The Hall–Kier alpha value is -1.43. The summed E-state index contributed by atoms with van der Waals surface area (Å²) in [4.78, 5) is 5.34. The number of hydrogen-bond donors (Lipinski definition) is 1. The molecular weight excluding hydrogens is 305 g/mol. The number of aliphatic hydroxyl groups excluding tert-OH is 1. The highest BCUT2D eigenvalue weighted by atomic mass is 32.2. The van der Waals surface area contributed by atoms with Crippen LogP contribution in [0.3, 0.4) is 0 Å². The lowest BCUT2D eigenvalue weighted by molar-refractivity contribution is 0.200. The molecule has 1 N–H and O–H groups in total. The summed E-state index contributed by atoms with van der Waals surface area (Å²) in [6, 6.07) is 14.4. The van der Waals surface area contributed by atoms with E-state index in [4.69, 9.17) is 0 Å². The number of rotatable bonds is 5. The molecule has 0 aliphatic rings. The average Bonchev–Trinajstić information content (AvgIpc) is 2.87. The first-order valence-corrected chi connectivity index (χ1v) is 8.42. The van der Waals surface area contributed by atoms with Crippen LogP contribution < -0.4 is 0 Å². The molecule has 0 saturated heterocycles. The molecule has 0 bridgehead atoms. The molecule has 0 aliphatic carbocycles. The summed E-state index contributed by atoms with van der Waals surface area (Å²) < 4.78 is 14.2. The molecule has 5 heteroatoms. The number of thiazole rings is 1. The van der Waals surface area contributed by atoms with E-state index in [9.17, 15) is 9.50 Å². The highest BCUT2D eigenvalue weighted by molar-refractivity contribution is 7.99. The van der Waals surface area contributed by atoms with Crippen molar-refractivity contribution in [3.05, 3.63) is 59.4 Å². The Morgan fingerprint density at radius 2 is 2.05 bits per heavy atom. The van der Waals surface area contributed by atoms with Gasteiger partial charge in [0.05, 0.1) is 21.3 Å². The van der Waals surface area contributed by atoms with Crippen molar-refractivity contribution in [2.45, 2.75) is 17.4 Å². The van der Waals surface area contributed by atoms with E-state index in [1.165, 1.54) is 23.9 Å². The summed E-state index contributed by atoms with van der Waals surface area (Å²) >= 11 is 3.07. The molecule has 0 spiro atoms. The van der Waals surface area contributed by atoms with E-state index in [1.807, 2.05) is 30.3 Å². The van der Waals surface area contributed by atoms with Crippen molar-refractivity contribution in [3.8, 4) is 0 Å². The molecular formula is C16H14FNOS2. The van der Waals surface area contributed by atoms with Crippen LogP contribution >= 0.6 is 23.1 Å². The predicted molar refractivity (Wildman–Crippen MR) is 86.5 cm³/mol. The Labute approximate surface area is 130 Å². The van der Waals surface area contributed by atoms with Gasteiger partial charge in [0.25, 0.3) is 0 Å². The zero-order valence-electron chi connectivity index (χ0n) is 11.2. The van der Waals surface area contributed by atoms with Crippen LogP contribution in [-0.4, -0.2) is 21.9 Å². The fraction of sp³-hybridized carbons (Fsp3) is 0.188. The normalized spacial score (nSPS) is 12.7. The SMILES string of the molecule is OC(CSc1cccc(F)c1)Cc1nc2ccccc2s1. The third kappa shape index (κ3) is 3.81. The van der Waals surface area contributed by atoms with E-state index in [0.29, 0.717) is 12.2 Å². The molecule has 0 amide bonds. The fourth-order valence-electron chi connectivity index (χ4n) is 2.02. The van der Waals surface area contributed by atoms with Gasteiger partial charge >= 0.3 is 0 Å². The molecule has 3 aromatic rings. The maximum absolute atomic E-state index is 13.1. The second-order valence-corrected chi connectivity index (χ2v) is 6.91. The first-order valence-electron chi connectivity index (χ1n) is 6.61. The maximum Gasteiger partial charge on any atom is 0.124 e. The van der Waals surface area contributed by atoms with Crippen LogP contribution in [0.2, 0.25) is 0 Å². The molecule has 0 radical (unpaired) electrons. The molecule has 1 heterocycles. The van der Waals surface area contributed by atoms with Gasteiger partial charge in [-0.25, -0.2) is 9.37 Å². The largest absolute Gasteiger partial charge is 0.392 e. The van der Waals surface area contributed by atoms with Gasteiger partial charge in [0, 0.05) is 17.1 Å². The number of aromatic nitrogens is 1. The first kappa shape index (κ1) is 14.5. The highest BCUT2D eigenvalue weighted by Crippen LogP contribution is 2.24. The van der Waals surface area contributed by atoms with Crippen LogP contribution in [0.4, 0.5) is 4.39 Å². The second kappa shape index (κ2) is 6.56. The van der Waals surface area contributed by atoms with Gasteiger partial charge < -0.3 is 5.11 Å². The highest BCUT2D eigenvalue weighted by Gasteiger charge is 2.11. The number of benzene rings is 2. The van der Waals surface area contributed by atoms with Crippen molar-refractivity contribution >= 4 is 33.3 Å².